The molecule has 0 saturated heterocycles. The number of aliphatic hydroxyl groups is 1. The molecule has 4 rings (SSSR count). The number of aromatic nitrogens is 3. The topological polar surface area (TPSA) is 127 Å². The van der Waals surface area contributed by atoms with E-state index in [1.807, 2.05) is 0 Å². The number of nitrogens with zero attached hydrogens (tertiary/aromatic N) is 3. The van der Waals surface area contributed by atoms with Gasteiger partial charge in [-0.3, -0.25) is 0 Å². The number of ether oxygens (including phenoxy) is 3. The van der Waals surface area contributed by atoms with E-state index < -0.39 is 0 Å². The highest BCUT2D eigenvalue weighted by atomic mass is 16.5. The summed E-state index contributed by atoms with van der Waals surface area (Å²) >= 11 is 0. The number of benzene rings is 2. The Hall–Kier alpha value is -5.15. The summed E-state index contributed by atoms with van der Waals surface area (Å²) < 4.78 is 16.7. The first kappa shape index (κ1) is 29.8. The van der Waals surface area contributed by atoms with E-state index in [-0.39, 0.29) is 34.7 Å². The van der Waals surface area contributed by atoms with E-state index in [9.17, 15) is 15.3 Å². The Kier molecular flexibility index (Phi) is 10.3. The molecule has 0 radical (unpaired) electrons. The van der Waals surface area contributed by atoms with Gasteiger partial charge in [-0.2, -0.15) is 0 Å². The molecule has 2 aromatic carbocycles. The fourth-order valence-corrected chi connectivity index (χ4v) is 4.12. The van der Waals surface area contributed by atoms with E-state index >= 15 is 0 Å². The fourth-order valence-electron chi connectivity index (χ4n) is 4.12. The van der Waals surface area contributed by atoms with Crippen LogP contribution in [-0.2, 0) is 4.74 Å². The molecular weight excluding hydrogens is 534 g/mol. The molecule has 1 aliphatic carbocycles. The van der Waals surface area contributed by atoms with Gasteiger partial charge in [0.15, 0.2) is 17.5 Å². The Labute approximate surface area is 245 Å². The van der Waals surface area contributed by atoms with Crippen molar-refractivity contribution in [3.05, 3.63) is 59.8 Å². The smallest absolute Gasteiger partial charge is 0.167 e. The molecule has 0 bridgehead atoms. The van der Waals surface area contributed by atoms with Crippen LogP contribution in [0.1, 0.15) is 58.2 Å². The van der Waals surface area contributed by atoms with Crippen molar-refractivity contribution < 1.29 is 29.5 Å². The molecule has 0 atom stereocenters. The lowest BCUT2D eigenvalue weighted by atomic mass is 10.0. The zero-order chi connectivity index (χ0) is 29.9. The summed E-state index contributed by atoms with van der Waals surface area (Å²) in [6.07, 6.45) is 13.5. The first-order chi connectivity index (χ1) is 20.4. The third kappa shape index (κ3) is 7.52. The number of hydrogen-bond donors (Lipinski definition) is 3. The predicted octanol–water partition coefficient (Wildman–Crippen LogP) is 6.53. The summed E-state index contributed by atoms with van der Waals surface area (Å²) in [5, 5.41) is 32.6. The van der Waals surface area contributed by atoms with Crippen molar-refractivity contribution in [2.24, 2.45) is 0 Å². The summed E-state index contributed by atoms with van der Waals surface area (Å²) in [6, 6.07) is 9.80. The van der Waals surface area contributed by atoms with Gasteiger partial charge in [0.25, 0.3) is 0 Å². The number of rotatable bonds is 12. The van der Waals surface area contributed by atoms with Crippen molar-refractivity contribution in [2.45, 2.75) is 52.4 Å². The number of unbranched alkanes of at least 4 members (excludes halogenated alkanes) is 2. The molecule has 9 heteroatoms. The third-order valence-electron chi connectivity index (χ3n) is 6.39. The molecule has 216 valence electrons. The maximum Gasteiger partial charge on any atom is 0.167 e. The number of terminal acetylenes is 1. The molecule has 42 heavy (non-hydrogen) atoms. The minimum atomic E-state index is -0.102. The summed E-state index contributed by atoms with van der Waals surface area (Å²) in [5.41, 5.74) is 1.11. The molecule has 1 heterocycles. The second-order valence-electron chi connectivity index (χ2n) is 9.52. The average molecular weight is 568 g/mol. The average Bonchev–Trinajstić information content (AvgIpc) is 2.97. The number of aromatic hydroxyl groups is 2. The zero-order valence-electron chi connectivity index (χ0n) is 23.7. The lowest BCUT2D eigenvalue weighted by molar-refractivity contribution is 0.307. The fraction of sp³-hybridized carbons (Fsp3) is 0.303. The third-order valence-corrected chi connectivity index (χ3v) is 6.39. The van der Waals surface area contributed by atoms with Gasteiger partial charge in [0.2, 0.25) is 0 Å². The maximum absolute atomic E-state index is 10.9. The lowest BCUT2D eigenvalue weighted by Crippen LogP contribution is -2.07. The van der Waals surface area contributed by atoms with Gasteiger partial charge >= 0.3 is 0 Å². The molecule has 0 saturated carbocycles. The Morgan fingerprint density at radius 2 is 1.33 bits per heavy atom. The van der Waals surface area contributed by atoms with Crippen molar-refractivity contribution >= 4 is 5.57 Å². The van der Waals surface area contributed by atoms with Crippen LogP contribution in [0.15, 0.2) is 54.0 Å². The molecule has 0 fully saturated rings. The van der Waals surface area contributed by atoms with Crippen molar-refractivity contribution in [1.82, 2.24) is 15.0 Å². The van der Waals surface area contributed by atoms with E-state index in [4.69, 9.17) is 20.6 Å². The standard InChI is InChI=1S/C33H33N3O6/c1-4-7-16-40-22-10-13-25(28(37)19-22)31-34-32(26-14-11-23(20-29(26)38)41-17-8-5-2)36-33(35-31)27-15-12-24(21-30(27)39)42-18-9-6-3/h1,11-12,14-15,19-21,37-39H,5-6,8-10,13,17-18H2,2-3H3. The zero-order valence-corrected chi connectivity index (χ0v) is 23.7. The maximum atomic E-state index is 10.9. The normalized spacial score (nSPS) is 12.5. The number of aliphatic hydroxyl groups excluding tert-OH is 1. The first-order valence-corrected chi connectivity index (χ1v) is 13.9. The summed E-state index contributed by atoms with van der Waals surface area (Å²) in [7, 11) is 0. The second kappa shape index (κ2) is 14.5. The number of phenols is 2. The van der Waals surface area contributed by atoms with E-state index in [2.05, 4.69) is 46.7 Å². The van der Waals surface area contributed by atoms with E-state index in [0.717, 1.165) is 25.7 Å². The Bertz CT molecular complexity index is 1520. The van der Waals surface area contributed by atoms with Crippen LogP contribution < -0.4 is 9.47 Å². The van der Waals surface area contributed by atoms with Crippen LogP contribution >= 0.6 is 0 Å². The quantitative estimate of drug-likeness (QED) is 0.165. The molecule has 9 nitrogen and oxygen atoms in total. The van der Waals surface area contributed by atoms with Gasteiger partial charge in [0, 0.05) is 36.1 Å². The second-order valence-corrected chi connectivity index (χ2v) is 9.52. The monoisotopic (exact) mass is 567 g/mol. The van der Waals surface area contributed by atoms with Crippen LogP contribution in [0.4, 0.5) is 0 Å². The molecular formula is C33H33N3O6. The molecule has 0 unspecified atom stereocenters. The molecule has 0 aliphatic heterocycles. The van der Waals surface area contributed by atoms with E-state index in [0.29, 0.717) is 60.0 Å². The number of hydrogen-bond acceptors (Lipinski definition) is 9. The summed E-state index contributed by atoms with van der Waals surface area (Å²) in [4.78, 5) is 13.8. The van der Waals surface area contributed by atoms with Crippen LogP contribution in [0.5, 0.6) is 23.0 Å². The lowest BCUT2D eigenvalue weighted by Gasteiger charge is -2.16. The van der Waals surface area contributed by atoms with Crippen molar-refractivity contribution in [1.29, 1.82) is 0 Å². The highest BCUT2D eigenvalue weighted by Crippen LogP contribution is 2.37. The number of allylic oxidation sites excluding steroid dienone is 3. The van der Waals surface area contributed by atoms with Gasteiger partial charge in [0.1, 0.15) is 40.6 Å². The minimum Gasteiger partial charge on any atom is -0.507 e. The highest BCUT2D eigenvalue weighted by Gasteiger charge is 2.22. The predicted molar refractivity (Wildman–Crippen MR) is 159 cm³/mol. The molecule has 0 amide bonds. The van der Waals surface area contributed by atoms with Crippen LogP contribution in [0, 0.1) is 24.4 Å². The van der Waals surface area contributed by atoms with Gasteiger partial charge < -0.3 is 29.5 Å². The van der Waals surface area contributed by atoms with Gasteiger partial charge in [-0.15, -0.1) is 6.42 Å². The first-order valence-electron chi connectivity index (χ1n) is 13.9. The SMILES string of the molecule is C#CC#COC1=CC(O)=C(c2nc(-c3ccc(OCCCC)cc3O)nc(-c3ccc(OCCCC)cc3O)n2)CC1. The van der Waals surface area contributed by atoms with Crippen LogP contribution in [0.3, 0.4) is 0 Å². The Morgan fingerprint density at radius 3 is 1.81 bits per heavy atom. The van der Waals surface area contributed by atoms with Gasteiger partial charge in [0.05, 0.1) is 24.3 Å². The van der Waals surface area contributed by atoms with Crippen molar-refractivity contribution in [3.8, 4) is 70.1 Å². The van der Waals surface area contributed by atoms with Gasteiger partial charge in [-0.1, -0.05) is 26.7 Å². The Morgan fingerprint density at radius 1 is 0.786 bits per heavy atom. The van der Waals surface area contributed by atoms with E-state index in [1.165, 1.54) is 18.2 Å². The number of phenolic OH excluding ortho intramolecular Hbond substituents is 2. The Balaban J connectivity index is 1.77. The van der Waals surface area contributed by atoms with Crippen LogP contribution in [0.25, 0.3) is 28.3 Å². The minimum absolute atomic E-state index is 0.0829. The van der Waals surface area contributed by atoms with Crippen LogP contribution in [-0.4, -0.2) is 43.5 Å². The molecule has 0 spiro atoms. The molecule has 3 aromatic rings. The van der Waals surface area contributed by atoms with Crippen molar-refractivity contribution in [2.75, 3.05) is 13.2 Å². The summed E-state index contributed by atoms with van der Waals surface area (Å²) in [6.45, 7) is 5.21. The molecule has 3 N–H and O–H groups in total. The van der Waals surface area contributed by atoms with Gasteiger partial charge in [-0.05, 0) is 49.4 Å². The van der Waals surface area contributed by atoms with Crippen molar-refractivity contribution in [3.63, 3.8) is 0 Å². The molecule has 1 aliphatic rings. The van der Waals surface area contributed by atoms with Gasteiger partial charge in [-0.25, -0.2) is 15.0 Å². The largest absolute Gasteiger partial charge is 0.507 e. The summed E-state index contributed by atoms with van der Waals surface area (Å²) in [5.74, 6) is 6.25. The van der Waals surface area contributed by atoms with Crippen LogP contribution in [0.2, 0.25) is 0 Å². The molecule has 1 aromatic heterocycles. The highest BCUT2D eigenvalue weighted by molar-refractivity contribution is 5.74. The van der Waals surface area contributed by atoms with E-state index in [1.54, 1.807) is 24.3 Å².